The Morgan fingerprint density at radius 2 is 0.700 bits per heavy atom. The van der Waals surface area contributed by atoms with Gasteiger partial charge < -0.3 is 0 Å². The van der Waals surface area contributed by atoms with Gasteiger partial charge in [-0.1, -0.05) is 147 Å². The zero-order valence-electron chi connectivity index (χ0n) is 36.6. The molecule has 0 N–H and O–H groups in total. The van der Waals surface area contributed by atoms with Crippen molar-refractivity contribution < 1.29 is 0 Å². The Morgan fingerprint density at radius 1 is 0.283 bits per heavy atom. The van der Waals surface area contributed by atoms with Crippen molar-refractivity contribution in [2.24, 2.45) is 0 Å². The zero-order chi connectivity index (χ0) is 42.1. The van der Waals surface area contributed by atoms with E-state index in [1.807, 2.05) is 11.3 Å². The molecule has 9 rings (SSSR count). The van der Waals surface area contributed by atoms with Crippen molar-refractivity contribution in [3.05, 3.63) is 109 Å². The van der Waals surface area contributed by atoms with E-state index in [1.165, 1.54) is 97.0 Å². The molecule has 0 spiro atoms. The van der Waals surface area contributed by atoms with Crippen LogP contribution in [0.15, 0.2) is 109 Å². The van der Waals surface area contributed by atoms with Crippen LogP contribution in [-0.4, -0.2) is 101 Å². The van der Waals surface area contributed by atoms with E-state index in [1.54, 1.807) is 0 Å². The van der Waals surface area contributed by atoms with Gasteiger partial charge in [-0.15, -0.1) is 27.7 Å². The topological polar surface area (TPSA) is 38.7 Å². The molecule has 0 amide bonds. The van der Waals surface area contributed by atoms with E-state index >= 15 is 0 Å². The minimum absolute atomic E-state index is 0.659. The first-order valence-corrected chi connectivity index (χ1v) is 21.8. The summed E-state index contributed by atoms with van der Waals surface area (Å²) >= 11 is 1.90. The molecule has 0 aliphatic heterocycles. The van der Waals surface area contributed by atoms with Gasteiger partial charge in [-0.25, -0.2) is 15.0 Å². The van der Waals surface area contributed by atoms with Gasteiger partial charge in [0.15, 0.2) is 17.5 Å². The fourth-order valence-corrected chi connectivity index (χ4v) is 10.8. The van der Waals surface area contributed by atoms with Gasteiger partial charge in [-0.05, 0) is 44.8 Å². The van der Waals surface area contributed by atoms with Crippen LogP contribution in [0.25, 0.3) is 87.7 Å². The molecule has 0 atom stereocenters. The first kappa shape index (κ1) is 39.9. The molecule has 3 nitrogen and oxygen atoms in total. The van der Waals surface area contributed by atoms with Gasteiger partial charge >= 0.3 is 0 Å². The molecule has 0 aliphatic carbocycles. The predicted octanol–water partition coefficient (Wildman–Crippen LogP) is -6.92. The highest BCUT2D eigenvalue weighted by atomic mass is 32.1. The van der Waals surface area contributed by atoms with Crippen molar-refractivity contribution in [1.29, 1.82) is 0 Å². The third-order valence-corrected chi connectivity index (χ3v) is 15.0. The lowest BCUT2D eigenvalue weighted by Gasteiger charge is -2.25. The van der Waals surface area contributed by atoms with Crippen molar-refractivity contribution in [2.75, 3.05) is 0 Å². The van der Waals surface area contributed by atoms with Crippen LogP contribution in [0.5, 0.6) is 0 Å². The summed E-state index contributed by atoms with van der Waals surface area (Å²) < 4.78 is 2.57. The second-order valence-electron chi connectivity index (χ2n) is 16.7. The van der Waals surface area contributed by atoms with Gasteiger partial charge in [-0.2, -0.15) is 0 Å². The van der Waals surface area contributed by atoms with Crippen LogP contribution in [0.1, 0.15) is 0 Å². The minimum atomic E-state index is 0.659. The summed E-state index contributed by atoms with van der Waals surface area (Å²) in [6.45, 7) is 0. The molecule has 0 aliphatic rings. The van der Waals surface area contributed by atoms with Crippen molar-refractivity contribution in [3.8, 4) is 67.5 Å². The second kappa shape index (κ2) is 15.5. The number of nitrogens with zero attached hydrogens (tertiary/aromatic N) is 3. The molecule has 0 saturated carbocycles. The molecule has 2 heterocycles. The van der Waals surface area contributed by atoms with Crippen LogP contribution in [-0.2, 0) is 0 Å². The highest BCUT2D eigenvalue weighted by Crippen LogP contribution is 2.40. The Hall–Kier alpha value is -5.52. The van der Waals surface area contributed by atoms with E-state index in [0.29, 0.717) is 17.5 Å². The fraction of sp³-hybridized carbons (Fsp3) is 0. The van der Waals surface area contributed by atoms with Gasteiger partial charge in [0, 0.05) is 31.5 Å². The summed E-state index contributed by atoms with van der Waals surface area (Å²) in [5, 5.41) is 2.67. The third kappa shape index (κ3) is 6.48. The Morgan fingerprint density at radius 3 is 1.32 bits per heavy atom. The molecule has 2 aromatic heterocycles. The average Bonchev–Trinajstić information content (AvgIpc) is 3.68. The molecule has 274 valence electrons. The highest BCUT2D eigenvalue weighted by molar-refractivity contribution is 7.28. The van der Waals surface area contributed by atoms with Crippen LogP contribution in [0.2, 0.25) is 0 Å². The number of aromatic nitrogens is 3. The Kier molecular flexibility index (Phi) is 10.3. The number of thiophene rings is 1. The third-order valence-electron chi connectivity index (χ3n) is 13.7. The molecular weight excluding hydrogens is 734 g/mol. The van der Waals surface area contributed by atoms with Crippen LogP contribution >= 0.6 is 11.3 Å². The second-order valence-corrected chi connectivity index (χ2v) is 17.7. The minimum Gasteiger partial charge on any atom is -0.208 e. The molecule has 9 aromatic rings. The van der Waals surface area contributed by atoms with Crippen molar-refractivity contribution in [3.63, 3.8) is 0 Å². The van der Waals surface area contributed by atoms with E-state index in [4.69, 9.17) is 15.0 Å². The maximum Gasteiger partial charge on any atom is 0.164 e. The predicted molar refractivity (Wildman–Crippen MR) is 295 cm³/mol. The van der Waals surface area contributed by atoms with Crippen LogP contribution in [0.3, 0.4) is 0 Å². The van der Waals surface area contributed by atoms with E-state index < -0.39 is 0 Å². The van der Waals surface area contributed by atoms with E-state index in [2.05, 4.69) is 196 Å². The zero-order valence-corrected chi connectivity index (χ0v) is 37.5. The average molecular weight is 774 g/mol. The lowest BCUT2D eigenvalue weighted by molar-refractivity contribution is 1.08. The molecule has 15 heteroatoms. The Balaban J connectivity index is 1.35. The van der Waals surface area contributed by atoms with Crippen LogP contribution in [0, 0.1) is 0 Å². The number of benzene rings is 7. The Bertz CT molecular complexity index is 3180. The quantitative estimate of drug-likeness (QED) is 0.158. The van der Waals surface area contributed by atoms with Gasteiger partial charge in [0.1, 0.15) is 86.3 Å². The standard InChI is InChI=1S/C45H40B11N3S/c46-30-25(27-31(47)36(52)39(55)37(53)32(27)48)26-28-33(49)35(51)34(50)29(41(28)60-42(26)40(56)38(30)54)45-58-43(22-16-14-21(15-17-22)19-8-3-1-4-9-19)57-44(59-45)24-13-7-12-23(18-24)20-10-5-2-6-11-20/h1-18H,46-56H2. The largest absolute Gasteiger partial charge is 0.208 e. The van der Waals surface area contributed by atoms with Gasteiger partial charge in [0.2, 0.25) is 0 Å². The smallest absolute Gasteiger partial charge is 0.164 e. The van der Waals surface area contributed by atoms with Gasteiger partial charge in [-0.3, -0.25) is 0 Å². The maximum atomic E-state index is 5.43. The molecule has 60 heavy (non-hydrogen) atoms. The number of hydrogen-bond donors (Lipinski definition) is 0. The monoisotopic (exact) mass is 775 g/mol. The van der Waals surface area contributed by atoms with Crippen molar-refractivity contribution in [2.45, 2.75) is 0 Å². The molecule has 0 saturated heterocycles. The number of hydrogen-bond acceptors (Lipinski definition) is 4. The summed E-state index contributed by atoms with van der Waals surface area (Å²) in [4.78, 5) is 16.1. The SMILES string of the molecule is Bc1c(B)c(B)c(-c2c(B)c(B)c(B)c3sc4c(-c5nc(-c6ccc(-c7ccccc7)cc6)nc(-c6cccc(-c7ccccc7)c6)n5)c(B)c(B)c(B)c4c23)c(B)c1B. The van der Waals surface area contributed by atoms with Crippen molar-refractivity contribution >= 4 is 178 Å². The normalized spacial score (nSPS) is 11.4. The van der Waals surface area contributed by atoms with Gasteiger partial charge in [0.05, 0.1) is 0 Å². The van der Waals surface area contributed by atoms with Crippen LogP contribution < -0.4 is 60.1 Å². The molecule has 0 bridgehead atoms. The van der Waals surface area contributed by atoms with Gasteiger partial charge in [0.25, 0.3) is 0 Å². The summed E-state index contributed by atoms with van der Waals surface area (Å²) in [6, 6.07) is 38.2. The fourth-order valence-electron chi connectivity index (χ4n) is 9.23. The first-order chi connectivity index (χ1) is 28.8. The first-order valence-electron chi connectivity index (χ1n) is 21.0. The molecular formula is C45H40B11N3S. The lowest BCUT2D eigenvalue weighted by atomic mass is 9.58. The molecule has 0 unspecified atom stereocenters. The number of rotatable bonds is 6. The van der Waals surface area contributed by atoms with Crippen LogP contribution in [0.4, 0.5) is 0 Å². The van der Waals surface area contributed by atoms with E-state index in [0.717, 1.165) is 33.4 Å². The molecule has 0 fully saturated rings. The summed E-state index contributed by atoms with van der Waals surface area (Å²) in [5.41, 5.74) is 25.1. The maximum absolute atomic E-state index is 5.43. The van der Waals surface area contributed by atoms with Crippen molar-refractivity contribution in [1.82, 2.24) is 15.0 Å². The van der Waals surface area contributed by atoms with E-state index in [-0.39, 0.29) is 0 Å². The summed E-state index contributed by atoms with van der Waals surface area (Å²) in [5.74, 6) is 2.02. The molecule has 0 radical (unpaired) electrons. The summed E-state index contributed by atoms with van der Waals surface area (Å²) in [6.07, 6.45) is 0. The number of fused-ring (bicyclic) bond motifs is 3. The molecule has 7 aromatic carbocycles. The highest BCUT2D eigenvalue weighted by Gasteiger charge is 2.27. The lowest BCUT2D eigenvalue weighted by Crippen LogP contribution is -2.56. The Labute approximate surface area is 367 Å². The summed E-state index contributed by atoms with van der Waals surface area (Å²) in [7, 11) is 25.3. The van der Waals surface area contributed by atoms with E-state index in [9.17, 15) is 0 Å².